The van der Waals surface area contributed by atoms with E-state index in [0.29, 0.717) is 5.41 Å². The predicted molar refractivity (Wildman–Crippen MR) is 81.6 cm³/mol. The molecular weight excluding hydrogens is 294 g/mol. The summed E-state index contributed by atoms with van der Waals surface area (Å²) >= 11 is 5.25. The van der Waals surface area contributed by atoms with Crippen molar-refractivity contribution in [3.8, 4) is 0 Å². The number of rotatable bonds is 8. The Morgan fingerprint density at radius 3 is 2.71 bits per heavy atom. The Morgan fingerprint density at radius 1 is 1.35 bits per heavy atom. The van der Waals surface area contributed by atoms with E-state index in [9.17, 15) is 0 Å². The van der Waals surface area contributed by atoms with Crippen molar-refractivity contribution in [2.45, 2.75) is 53.0 Å². The summed E-state index contributed by atoms with van der Waals surface area (Å²) in [6, 6.07) is 2.20. The van der Waals surface area contributed by atoms with Crippen LogP contribution in [0.1, 0.15) is 52.0 Å². The average Bonchev–Trinajstić information content (AvgIpc) is 2.64. The smallest absolute Gasteiger partial charge is 0.0701 e. The molecule has 0 saturated carbocycles. The molecule has 1 heterocycles. The lowest BCUT2D eigenvalue weighted by molar-refractivity contribution is 0.302. The summed E-state index contributed by atoms with van der Waals surface area (Å²) in [6.07, 6.45) is 5.35. The standard InChI is InChI=1S/C14H24BrNS/c1-4-5-6-7-14(2,3)11-16-9-12-8-13(15)17-10-12/h8,10,16H,4-7,9,11H2,1-3H3. The number of hydrogen-bond acceptors (Lipinski definition) is 2. The van der Waals surface area contributed by atoms with Crippen molar-refractivity contribution in [3.05, 3.63) is 20.8 Å². The number of nitrogens with one attached hydrogen (secondary N) is 1. The van der Waals surface area contributed by atoms with Crippen molar-refractivity contribution in [1.29, 1.82) is 0 Å². The molecule has 1 rings (SSSR count). The molecule has 1 N–H and O–H groups in total. The van der Waals surface area contributed by atoms with Crippen molar-refractivity contribution in [2.75, 3.05) is 6.54 Å². The number of unbranched alkanes of at least 4 members (excludes halogenated alkanes) is 2. The largest absolute Gasteiger partial charge is 0.312 e. The van der Waals surface area contributed by atoms with Gasteiger partial charge in [0.05, 0.1) is 3.79 Å². The third-order valence-electron chi connectivity index (χ3n) is 3.01. The minimum atomic E-state index is 0.419. The molecule has 0 spiro atoms. The first kappa shape index (κ1) is 15.2. The van der Waals surface area contributed by atoms with E-state index < -0.39 is 0 Å². The maximum atomic E-state index is 3.57. The van der Waals surface area contributed by atoms with E-state index in [-0.39, 0.29) is 0 Å². The van der Waals surface area contributed by atoms with E-state index in [4.69, 9.17) is 0 Å². The molecule has 17 heavy (non-hydrogen) atoms. The second-order valence-electron chi connectivity index (χ2n) is 5.48. The molecule has 0 fully saturated rings. The lowest BCUT2D eigenvalue weighted by atomic mass is 9.87. The van der Waals surface area contributed by atoms with Gasteiger partial charge >= 0.3 is 0 Å². The van der Waals surface area contributed by atoms with Gasteiger partial charge < -0.3 is 5.32 Å². The van der Waals surface area contributed by atoms with Crippen LogP contribution in [0, 0.1) is 5.41 Å². The van der Waals surface area contributed by atoms with Gasteiger partial charge in [0.2, 0.25) is 0 Å². The van der Waals surface area contributed by atoms with Crippen molar-refractivity contribution < 1.29 is 0 Å². The van der Waals surface area contributed by atoms with Crippen LogP contribution < -0.4 is 5.32 Å². The summed E-state index contributed by atoms with van der Waals surface area (Å²) in [6.45, 7) is 9.07. The van der Waals surface area contributed by atoms with E-state index in [1.165, 1.54) is 35.0 Å². The molecule has 0 atom stereocenters. The number of halogens is 1. The monoisotopic (exact) mass is 317 g/mol. The molecule has 0 aromatic carbocycles. The van der Waals surface area contributed by atoms with Gasteiger partial charge in [0.1, 0.15) is 0 Å². The van der Waals surface area contributed by atoms with E-state index >= 15 is 0 Å². The average molecular weight is 318 g/mol. The third-order valence-corrected chi connectivity index (χ3v) is 4.56. The fraction of sp³-hybridized carbons (Fsp3) is 0.714. The van der Waals surface area contributed by atoms with Gasteiger partial charge in [-0.05, 0) is 44.8 Å². The van der Waals surface area contributed by atoms with Crippen LogP contribution in [0.4, 0.5) is 0 Å². The quantitative estimate of drug-likeness (QED) is 0.649. The Balaban J connectivity index is 2.20. The van der Waals surface area contributed by atoms with Gasteiger partial charge in [0.15, 0.2) is 0 Å². The Bertz CT molecular complexity index is 320. The highest BCUT2D eigenvalue weighted by atomic mass is 79.9. The molecule has 0 amide bonds. The van der Waals surface area contributed by atoms with Gasteiger partial charge in [0, 0.05) is 13.1 Å². The molecule has 0 aliphatic heterocycles. The first-order valence-electron chi connectivity index (χ1n) is 6.47. The molecule has 0 bridgehead atoms. The van der Waals surface area contributed by atoms with Crippen LogP contribution in [0.2, 0.25) is 0 Å². The number of thiophene rings is 1. The topological polar surface area (TPSA) is 12.0 Å². The molecule has 0 aliphatic carbocycles. The van der Waals surface area contributed by atoms with E-state index in [1.807, 2.05) is 0 Å². The highest BCUT2D eigenvalue weighted by Gasteiger charge is 2.16. The molecule has 0 aliphatic rings. The van der Waals surface area contributed by atoms with Crippen LogP contribution >= 0.6 is 27.3 Å². The second-order valence-corrected chi connectivity index (χ2v) is 7.77. The van der Waals surface area contributed by atoms with Gasteiger partial charge in [0.25, 0.3) is 0 Å². The summed E-state index contributed by atoms with van der Waals surface area (Å²) in [7, 11) is 0. The zero-order chi connectivity index (χ0) is 12.7. The minimum absolute atomic E-state index is 0.419. The molecule has 1 aromatic rings. The predicted octanol–water partition coefficient (Wildman–Crippen LogP) is 5.21. The molecule has 1 aromatic heterocycles. The maximum absolute atomic E-state index is 3.57. The molecule has 0 radical (unpaired) electrons. The summed E-state index contributed by atoms with van der Waals surface area (Å²) in [5, 5.41) is 5.78. The van der Waals surface area contributed by atoms with Crippen LogP contribution in [-0.4, -0.2) is 6.54 Å². The van der Waals surface area contributed by atoms with E-state index in [0.717, 1.165) is 13.1 Å². The Hall–Kier alpha value is 0.140. The zero-order valence-corrected chi connectivity index (χ0v) is 13.6. The Morgan fingerprint density at radius 2 is 2.12 bits per heavy atom. The Kier molecular flexibility index (Phi) is 6.75. The van der Waals surface area contributed by atoms with E-state index in [2.05, 4.69) is 53.5 Å². The van der Waals surface area contributed by atoms with Gasteiger partial charge in [-0.25, -0.2) is 0 Å². The molecule has 0 unspecified atom stereocenters. The fourth-order valence-corrected chi connectivity index (χ4v) is 3.13. The number of hydrogen-bond donors (Lipinski definition) is 1. The molecule has 1 nitrogen and oxygen atoms in total. The first-order valence-corrected chi connectivity index (χ1v) is 8.14. The van der Waals surface area contributed by atoms with Crippen molar-refractivity contribution in [2.24, 2.45) is 5.41 Å². The SMILES string of the molecule is CCCCCC(C)(C)CNCc1csc(Br)c1. The highest BCUT2D eigenvalue weighted by molar-refractivity contribution is 9.11. The fourth-order valence-electron chi connectivity index (χ4n) is 1.93. The van der Waals surface area contributed by atoms with Crippen molar-refractivity contribution in [3.63, 3.8) is 0 Å². The highest BCUT2D eigenvalue weighted by Crippen LogP contribution is 2.24. The van der Waals surface area contributed by atoms with Crippen LogP contribution in [0.25, 0.3) is 0 Å². The summed E-state index contributed by atoms with van der Waals surface area (Å²) in [5.41, 5.74) is 1.80. The molecule has 98 valence electrons. The summed E-state index contributed by atoms with van der Waals surface area (Å²) < 4.78 is 1.22. The molecule has 3 heteroatoms. The maximum Gasteiger partial charge on any atom is 0.0701 e. The normalized spacial score (nSPS) is 12.0. The van der Waals surface area contributed by atoms with Gasteiger partial charge in [-0.15, -0.1) is 11.3 Å². The lowest BCUT2D eigenvalue weighted by Crippen LogP contribution is -2.28. The van der Waals surface area contributed by atoms with Crippen molar-refractivity contribution >= 4 is 27.3 Å². The van der Waals surface area contributed by atoms with Gasteiger partial charge in [-0.2, -0.15) is 0 Å². The minimum Gasteiger partial charge on any atom is -0.312 e. The zero-order valence-electron chi connectivity index (χ0n) is 11.2. The van der Waals surface area contributed by atoms with Gasteiger partial charge in [-0.1, -0.05) is 40.0 Å². The summed E-state index contributed by atoms with van der Waals surface area (Å²) in [4.78, 5) is 0. The molecular formula is C14H24BrNS. The van der Waals surface area contributed by atoms with Crippen LogP contribution in [-0.2, 0) is 6.54 Å². The third kappa shape index (κ3) is 6.58. The summed E-state index contributed by atoms with van der Waals surface area (Å²) in [5.74, 6) is 0. The van der Waals surface area contributed by atoms with Crippen LogP contribution in [0.3, 0.4) is 0 Å². The van der Waals surface area contributed by atoms with Crippen LogP contribution in [0.5, 0.6) is 0 Å². The van der Waals surface area contributed by atoms with Gasteiger partial charge in [-0.3, -0.25) is 0 Å². The second kappa shape index (κ2) is 7.55. The Labute approximate surface area is 118 Å². The van der Waals surface area contributed by atoms with E-state index in [1.54, 1.807) is 11.3 Å². The molecule has 0 saturated heterocycles. The lowest BCUT2D eigenvalue weighted by Gasteiger charge is -2.25. The van der Waals surface area contributed by atoms with Crippen molar-refractivity contribution in [1.82, 2.24) is 5.32 Å². The van der Waals surface area contributed by atoms with Crippen LogP contribution in [0.15, 0.2) is 15.2 Å². The first-order chi connectivity index (χ1) is 8.03.